The molecule has 0 radical (unpaired) electrons. The molecule has 7 nitrogen and oxygen atoms in total. The SMILES string of the molecule is CC(C)(C)NC(=O)C1N(CCO)C(=O)[C@@H]2[C@@H](C(=O)NCc3ccccc3)[C@H]3CCC12S3. The number of hydrogen-bond donors (Lipinski definition) is 3. The Bertz CT molecular complexity index is 871. The fourth-order valence-electron chi connectivity index (χ4n) is 5.44. The number of likely N-dealkylation sites (tertiary alicyclic amines) is 1. The van der Waals surface area contributed by atoms with E-state index in [4.69, 9.17) is 0 Å². The zero-order chi connectivity index (χ0) is 22.4. The zero-order valence-electron chi connectivity index (χ0n) is 18.3. The lowest BCUT2D eigenvalue weighted by Crippen LogP contribution is -2.57. The number of aliphatic hydroxyl groups excluding tert-OH is 1. The molecule has 3 N–H and O–H groups in total. The summed E-state index contributed by atoms with van der Waals surface area (Å²) < 4.78 is -0.610. The van der Waals surface area contributed by atoms with Crippen LogP contribution in [-0.2, 0) is 20.9 Å². The minimum Gasteiger partial charge on any atom is -0.395 e. The predicted molar refractivity (Wildman–Crippen MR) is 119 cm³/mol. The lowest BCUT2D eigenvalue weighted by Gasteiger charge is -2.36. The number of fused-ring (bicyclic) bond motifs is 1. The van der Waals surface area contributed by atoms with Gasteiger partial charge in [-0.15, -0.1) is 11.8 Å². The molecule has 2 unspecified atom stereocenters. The number of nitrogens with one attached hydrogen (secondary N) is 2. The molecule has 8 heteroatoms. The molecular formula is C23H31N3O4S. The lowest BCUT2D eigenvalue weighted by molar-refractivity contribution is -0.140. The van der Waals surface area contributed by atoms with Crippen molar-refractivity contribution in [3.05, 3.63) is 35.9 Å². The van der Waals surface area contributed by atoms with Crippen molar-refractivity contribution in [2.24, 2.45) is 11.8 Å². The van der Waals surface area contributed by atoms with E-state index in [2.05, 4.69) is 10.6 Å². The molecule has 168 valence electrons. The molecule has 1 spiro atoms. The Morgan fingerprint density at radius 3 is 2.58 bits per heavy atom. The number of rotatable bonds is 6. The first-order chi connectivity index (χ1) is 14.7. The van der Waals surface area contributed by atoms with Gasteiger partial charge in [0.15, 0.2) is 0 Å². The summed E-state index contributed by atoms with van der Waals surface area (Å²) in [5, 5.41) is 15.6. The van der Waals surface area contributed by atoms with Crippen LogP contribution in [0.2, 0.25) is 0 Å². The number of hydrogen-bond acceptors (Lipinski definition) is 5. The molecule has 0 aromatic heterocycles. The molecule has 3 amide bonds. The standard InChI is InChI=1S/C23H31N3O4S/c1-22(2,3)25-20(29)18-23-10-9-15(31-23)16(17(23)21(30)26(18)11-12-27)19(28)24-13-14-7-5-4-6-8-14/h4-8,15-18,27H,9-13H2,1-3H3,(H,24,28)(H,25,29)/t15-,16+,17+,18?,23?/m1/s1. The van der Waals surface area contributed by atoms with Gasteiger partial charge in [-0.25, -0.2) is 0 Å². The molecule has 3 saturated heterocycles. The first-order valence-electron chi connectivity index (χ1n) is 10.9. The van der Waals surface area contributed by atoms with Crippen LogP contribution < -0.4 is 10.6 Å². The van der Waals surface area contributed by atoms with Gasteiger partial charge >= 0.3 is 0 Å². The highest BCUT2D eigenvalue weighted by Crippen LogP contribution is 2.66. The van der Waals surface area contributed by atoms with E-state index in [1.54, 1.807) is 11.8 Å². The summed E-state index contributed by atoms with van der Waals surface area (Å²) in [4.78, 5) is 41.5. The normalized spacial score (nSPS) is 31.6. The van der Waals surface area contributed by atoms with Crippen molar-refractivity contribution in [1.82, 2.24) is 15.5 Å². The molecule has 0 saturated carbocycles. The van der Waals surface area contributed by atoms with Gasteiger partial charge in [-0.1, -0.05) is 30.3 Å². The second-order valence-corrected chi connectivity index (χ2v) is 11.4. The number of aliphatic hydroxyl groups is 1. The molecule has 3 aliphatic heterocycles. The number of benzene rings is 1. The Hall–Kier alpha value is -2.06. The quantitative estimate of drug-likeness (QED) is 0.613. The van der Waals surface area contributed by atoms with Crippen molar-refractivity contribution in [2.75, 3.05) is 13.2 Å². The number of carbonyl (C=O) groups excluding carboxylic acids is 3. The van der Waals surface area contributed by atoms with E-state index in [-0.39, 0.29) is 36.1 Å². The van der Waals surface area contributed by atoms with Crippen LogP contribution >= 0.6 is 11.8 Å². The number of amides is 3. The maximum absolute atomic E-state index is 13.5. The van der Waals surface area contributed by atoms with Gasteiger partial charge in [0.05, 0.1) is 23.2 Å². The number of thioether (sulfide) groups is 1. The van der Waals surface area contributed by atoms with Crippen molar-refractivity contribution in [3.63, 3.8) is 0 Å². The third-order valence-electron chi connectivity index (χ3n) is 6.50. The van der Waals surface area contributed by atoms with Gasteiger partial charge in [0, 0.05) is 23.9 Å². The molecule has 3 heterocycles. The Kier molecular flexibility index (Phi) is 5.81. The average molecular weight is 446 g/mol. The number of carbonyl (C=O) groups is 3. The van der Waals surface area contributed by atoms with Crippen LogP contribution in [0.4, 0.5) is 0 Å². The minimum absolute atomic E-state index is 0.0333. The molecule has 1 aromatic rings. The smallest absolute Gasteiger partial charge is 0.244 e. The van der Waals surface area contributed by atoms with Gasteiger partial charge in [0.2, 0.25) is 17.7 Å². The van der Waals surface area contributed by atoms with Gasteiger partial charge in [0.1, 0.15) is 6.04 Å². The van der Waals surface area contributed by atoms with E-state index in [1.165, 1.54) is 4.90 Å². The van der Waals surface area contributed by atoms with Crippen LogP contribution in [0.25, 0.3) is 0 Å². The fourth-order valence-corrected chi connectivity index (χ4v) is 7.66. The van der Waals surface area contributed by atoms with Crippen LogP contribution in [0.15, 0.2) is 30.3 Å². The molecule has 2 bridgehead atoms. The van der Waals surface area contributed by atoms with Crippen molar-refractivity contribution in [2.45, 2.75) is 61.7 Å². The first-order valence-corrected chi connectivity index (χ1v) is 11.8. The lowest BCUT2D eigenvalue weighted by atomic mass is 9.70. The van der Waals surface area contributed by atoms with E-state index in [0.29, 0.717) is 6.54 Å². The summed E-state index contributed by atoms with van der Waals surface area (Å²) in [6.45, 7) is 6.02. The highest BCUT2D eigenvalue weighted by molar-refractivity contribution is 8.02. The Balaban J connectivity index is 1.60. The van der Waals surface area contributed by atoms with Crippen LogP contribution in [0.5, 0.6) is 0 Å². The topological polar surface area (TPSA) is 98.7 Å². The van der Waals surface area contributed by atoms with Gasteiger partial charge in [0.25, 0.3) is 0 Å². The summed E-state index contributed by atoms with van der Waals surface area (Å²) in [5.41, 5.74) is 0.566. The maximum Gasteiger partial charge on any atom is 0.244 e. The molecule has 3 fully saturated rings. The summed E-state index contributed by atoms with van der Waals surface area (Å²) in [5.74, 6) is -1.49. The number of β-amino-alcohol motifs (C(OH)–C–C–N with tert-alkyl or cyclic N) is 1. The third-order valence-corrected chi connectivity index (χ3v) is 8.45. The van der Waals surface area contributed by atoms with E-state index < -0.39 is 28.2 Å². The van der Waals surface area contributed by atoms with Crippen molar-refractivity contribution in [3.8, 4) is 0 Å². The average Bonchev–Trinajstić information content (AvgIpc) is 3.34. The van der Waals surface area contributed by atoms with Gasteiger partial charge < -0.3 is 20.6 Å². The Labute approximate surface area is 187 Å². The second kappa shape index (κ2) is 8.13. The van der Waals surface area contributed by atoms with Gasteiger partial charge in [-0.2, -0.15) is 0 Å². The predicted octanol–water partition coefficient (Wildman–Crippen LogP) is 1.30. The maximum atomic E-state index is 13.5. The molecular weight excluding hydrogens is 414 g/mol. The van der Waals surface area contributed by atoms with Crippen LogP contribution in [-0.4, -0.2) is 62.5 Å². The molecule has 31 heavy (non-hydrogen) atoms. The number of nitrogens with zero attached hydrogens (tertiary/aromatic N) is 1. The first kappa shape index (κ1) is 22.1. The van der Waals surface area contributed by atoms with Gasteiger partial charge in [-0.05, 0) is 39.2 Å². The second-order valence-electron chi connectivity index (χ2n) is 9.75. The van der Waals surface area contributed by atoms with E-state index in [1.807, 2.05) is 51.1 Å². The van der Waals surface area contributed by atoms with Crippen molar-refractivity contribution in [1.29, 1.82) is 0 Å². The third kappa shape index (κ3) is 3.84. The molecule has 1 aromatic carbocycles. The summed E-state index contributed by atoms with van der Waals surface area (Å²) >= 11 is 1.64. The Morgan fingerprint density at radius 2 is 1.94 bits per heavy atom. The zero-order valence-corrected chi connectivity index (χ0v) is 19.1. The van der Waals surface area contributed by atoms with E-state index in [9.17, 15) is 19.5 Å². The highest BCUT2D eigenvalue weighted by atomic mass is 32.2. The van der Waals surface area contributed by atoms with Crippen LogP contribution in [0.3, 0.4) is 0 Å². The minimum atomic E-state index is -0.668. The molecule has 3 aliphatic rings. The summed E-state index contributed by atoms with van der Waals surface area (Å²) in [6, 6.07) is 9.02. The fraction of sp³-hybridized carbons (Fsp3) is 0.609. The summed E-state index contributed by atoms with van der Waals surface area (Å²) in [7, 11) is 0. The summed E-state index contributed by atoms with van der Waals surface area (Å²) in [6.07, 6.45) is 1.54. The van der Waals surface area contributed by atoms with E-state index in [0.717, 1.165) is 18.4 Å². The van der Waals surface area contributed by atoms with Crippen molar-refractivity contribution >= 4 is 29.5 Å². The van der Waals surface area contributed by atoms with Crippen LogP contribution in [0.1, 0.15) is 39.2 Å². The van der Waals surface area contributed by atoms with Gasteiger partial charge in [-0.3, -0.25) is 14.4 Å². The van der Waals surface area contributed by atoms with E-state index >= 15 is 0 Å². The molecule has 4 rings (SSSR count). The van der Waals surface area contributed by atoms with Crippen LogP contribution in [0, 0.1) is 11.8 Å². The molecule has 5 atom stereocenters. The largest absolute Gasteiger partial charge is 0.395 e. The molecule has 0 aliphatic carbocycles. The Morgan fingerprint density at radius 1 is 1.23 bits per heavy atom. The highest BCUT2D eigenvalue weighted by Gasteiger charge is 2.73. The van der Waals surface area contributed by atoms with Crippen molar-refractivity contribution < 1.29 is 19.5 Å². The monoisotopic (exact) mass is 445 g/mol.